The van der Waals surface area contributed by atoms with Crippen LogP contribution < -0.4 is 4.74 Å². The molecule has 1 saturated heterocycles. The van der Waals surface area contributed by atoms with Gasteiger partial charge in [0.15, 0.2) is 0 Å². The average Bonchev–Trinajstić information content (AvgIpc) is 2.72. The van der Waals surface area contributed by atoms with Gasteiger partial charge in [-0.25, -0.2) is 4.39 Å². The number of rotatable bonds is 8. The lowest BCUT2D eigenvalue weighted by atomic mass is 10.2. The molecule has 0 saturated carbocycles. The summed E-state index contributed by atoms with van der Waals surface area (Å²) in [5.41, 5.74) is 0.543. The minimum Gasteiger partial charge on any atom is -0.492 e. The van der Waals surface area contributed by atoms with E-state index in [2.05, 4.69) is 9.80 Å². The minimum absolute atomic E-state index is 0.0177. The van der Waals surface area contributed by atoms with E-state index in [4.69, 9.17) is 4.74 Å². The molecule has 0 radical (unpaired) electrons. The van der Waals surface area contributed by atoms with Crippen LogP contribution in [0.4, 0.5) is 4.39 Å². The molecule has 0 bridgehead atoms. The zero-order chi connectivity index (χ0) is 19.8. The van der Waals surface area contributed by atoms with Gasteiger partial charge in [0, 0.05) is 51.9 Å². The molecule has 6 heteroatoms. The molecule has 2 aromatic carbocycles. The zero-order valence-electron chi connectivity index (χ0n) is 16.4. The number of carbonyl (C=O) groups is 1. The molecule has 0 unspecified atom stereocenters. The summed E-state index contributed by atoms with van der Waals surface area (Å²) < 4.78 is 19.5. The third kappa shape index (κ3) is 6.04. The van der Waals surface area contributed by atoms with Crippen molar-refractivity contribution in [1.29, 1.82) is 0 Å². The van der Waals surface area contributed by atoms with Crippen molar-refractivity contribution in [1.82, 2.24) is 14.7 Å². The Labute approximate surface area is 166 Å². The first-order valence-corrected chi connectivity index (χ1v) is 9.72. The summed E-state index contributed by atoms with van der Waals surface area (Å²) in [6.45, 7) is 5.75. The highest BCUT2D eigenvalue weighted by Crippen LogP contribution is 2.11. The SMILES string of the molecule is CN(Cc1ccccc1F)C(=O)CN1CCN(CCOc2ccccc2)CC1. The van der Waals surface area contributed by atoms with E-state index >= 15 is 0 Å². The highest BCUT2D eigenvalue weighted by atomic mass is 19.1. The minimum atomic E-state index is -0.270. The summed E-state index contributed by atoms with van der Waals surface area (Å²) in [6.07, 6.45) is 0. The van der Waals surface area contributed by atoms with Crippen LogP contribution in [0, 0.1) is 5.82 Å². The normalized spacial score (nSPS) is 15.4. The van der Waals surface area contributed by atoms with E-state index in [1.807, 2.05) is 30.3 Å². The molecule has 3 rings (SSSR count). The Balaban J connectivity index is 1.35. The van der Waals surface area contributed by atoms with Crippen LogP contribution >= 0.6 is 0 Å². The number of nitrogens with zero attached hydrogens (tertiary/aromatic N) is 3. The Morgan fingerprint density at radius 1 is 1.00 bits per heavy atom. The number of carbonyl (C=O) groups excluding carboxylic acids is 1. The molecular weight excluding hydrogens is 357 g/mol. The number of ether oxygens (including phenoxy) is 1. The van der Waals surface area contributed by atoms with Gasteiger partial charge in [0.25, 0.3) is 0 Å². The topological polar surface area (TPSA) is 36.0 Å². The molecule has 28 heavy (non-hydrogen) atoms. The predicted molar refractivity (Wildman–Crippen MR) is 108 cm³/mol. The number of hydrogen-bond donors (Lipinski definition) is 0. The van der Waals surface area contributed by atoms with Crippen molar-refractivity contribution in [2.75, 3.05) is 52.9 Å². The Morgan fingerprint density at radius 2 is 1.64 bits per heavy atom. The molecule has 150 valence electrons. The smallest absolute Gasteiger partial charge is 0.236 e. The standard InChI is InChI=1S/C22H28FN3O2/c1-24(17-19-7-5-6-10-21(19)23)22(27)18-26-13-11-25(12-14-26)15-16-28-20-8-3-2-4-9-20/h2-10H,11-18H2,1H3. The van der Waals surface area contributed by atoms with Crippen LogP contribution in [0.5, 0.6) is 5.75 Å². The van der Waals surface area contributed by atoms with Crippen molar-refractivity contribution in [3.05, 3.63) is 66.0 Å². The summed E-state index contributed by atoms with van der Waals surface area (Å²) in [4.78, 5) is 18.6. The van der Waals surface area contributed by atoms with Crippen molar-refractivity contribution in [3.63, 3.8) is 0 Å². The van der Waals surface area contributed by atoms with Gasteiger partial charge in [0.2, 0.25) is 5.91 Å². The summed E-state index contributed by atoms with van der Waals surface area (Å²) >= 11 is 0. The molecule has 0 aliphatic carbocycles. The summed E-state index contributed by atoms with van der Waals surface area (Å²) in [5, 5.41) is 0. The summed E-state index contributed by atoms with van der Waals surface area (Å²) in [7, 11) is 1.73. The van der Waals surface area contributed by atoms with E-state index in [-0.39, 0.29) is 11.7 Å². The molecule has 2 aromatic rings. The van der Waals surface area contributed by atoms with E-state index in [1.54, 1.807) is 30.1 Å². The third-order valence-electron chi connectivity index (χ3n) is 5.03. The van der Waals surface area contributed by atoms with Crippen LogP contribution in [-0.4, -0.2) is 73.5 Å². The van der Waals surface area contributed by atoms with Crippen LogP contribution in [0.1, 0.15) is 5.56 Å². The highest BCUT2D eigenvalue weighted by Gasteiger charge is 2.20. The fourth-order valence-corrected chi connectivity index (χ4v) is 3.26. The molecule has 1 heterocycles. The van der Waals surface area contributed by atoms with Gasteiger partial charge in [-0.15, -0.1) is 0 Å². The van der Waals surface area contributed by atoms with Crippen LogP contribution in [0.2, 0.25) is 0 Å². The van der Waals surface area contributed by atoms with E-state index in [9.17, 15) is 9.18 Å². The fourth-order valence-electron chi connectivity index (χ4n) is 3.26. The van der Waals surface area contributed by atoms with Crippen molar-refractivity contribution in [3.8, 4) is 5.75 Å². The molecule has 5 nitrogen and oxygen atoms in total. The maximum absolute atomic E-state index is 13.8. The number of piperazine rings is 1. The van der Waals surface area contributed by atoms with Gasteiger partial charge in [0.05, 0.1) is 6.54 Å². The first-order valence-electron chi connectivity index (χ1n) is 9.72. The summed E-state index contributed by atoms with van der Waals surface area (Å²) in [5.74, 6) is 0.641. The molecule has 0 atom stereocenters. The Bertz CT molecular complexity index is 748. The predicted octanol–water partition coefficient (Wildman–Crippen LogP) is 2.48. The third-order valence-corrected chi connectivity index (χ3v) is 5.03. The number of halogens is 1. The molecule has 1 amide bonds. The fraction of sp³-hybridized carbons (Fsp3) is 0.409. The Hall–Kier alpha value is -2.44. The monoisotopic (exact) mass is 385 g/mol. The molecule has 1 fully saturated rings. The van der Waals surface area contributed by atoms with Crippen LogP contribution in [-0.2, 0) is 11.3 Å². The van der Waals surface area contributed by atoms with E-state index < -0.39 is 0 Å². The average molecular weight is 385 g/mol. The first-order chi connectivity index (χ1) is 13.6. The zero-order valence-corrected chi connectivity index (χ0v) is 16.4. The second kappa shape index (κ2) is 10.2. The van der Waals surface area contributed by atoms with Gasteiger partial charge >= 0.3 is 0 Å². The molecule has 1 aliphatic rings. The van der Waals surface area contributed by atoms with Crippen molar-refractivity contribution in [2.45, 2.75) is 6.54 Å². The Morgan fingerprint density at radius 3 is 2.36 bits per heavy atom. The van der Waals surface area contributed by atoms with Gasteiger partial charge < -0.3 is 9.64 Å². The lowest BCUT2D eigenvalue weighted by Gasteiger charge is -2.34. The molecule has 0 spiro atoms. The van der Waals surface area contributed by atoms with Crippen molar-refractivity contribution >= 4 is 5.91 Å². The van der Waals surface area contributed by atoms with Crippen molar-refractivity contribution in [2.24, 2.45) is 0 Å². The van der Waals surface area contributed by atoms with Crippen LogP contribution in [0.3, 0.4) is 0 Å². The van der Waals surface area contributed by atoms with Gasteiger partial charge in [-0.05, 0) is 18.2 Å². The maximum Gasteiger partial charge on any atom is 0.236 e. The highest BCUT2D eigenvalue weighted by molar-refractivity contribution is 5.78. The van der Waals surface area contributed by atoms with Crippen LogP contribution in [0.25, 0.3) is 0 Å². The maximum atomic E-state index is 13.8. The number of para-hydroxylation sites is 1. The summed E-state index contributed by atoms with van der Waals surface area (Å²) in [6, 6.07) is 16.4. The first kappa shape index (κ1) is 20.3. The van der Waals surface area contributed by atoms with Crippen LogP contribution in [0.15, 0.2) is 54.6 Å². The molecular formula is C22H28FN3O2. The van der Waals surface area contributed by atoms with Gasteiger partial charge in [-0.3, -0.25) is 14.6 Å². The largest absolute Gasteiger partial charge is 0.492 e. The van der Waals surface area contributed by atoms with Gasteiger partial charge in [-0.1, -0.05) is 36.4 Å². The lowest BCUT2D eigenvalue weighted by Crippen LogP contribution is -2.50. The second-order valence-corrected chi connectivity index (χ2v) is 7.12. The molecule has 0 N–H and O–H groups in total. The number of hydrogen-bond acceptors (Lipinski definition) is 4. The van der Waals surface area contributed by atoms with Gasteiger partial charge in [0.1, 0.15) is 18.2 Å². The number of amides is 1. The lowest BCUT2D eigenvalue weighted by molar-refractivity contribution is -0.132. The number of likely N-dealkylation sites (N-methyl/N-ethyl adjacent to an activating group) is 1. The quantitative estimate of drug-likeness (QED) is 0.700. The van der Waals surface area contributed by atoms with E-state index in [0.717, 1.165) is 38.5 Å². The van der Waals surface area contributed by atoms with Gasteiger partial charge in [-0.2, -0.15) is 0 Å². The Kier molecular flexibility index (Phi) is 7.39. The van der Waals surface area contributed by atoms with E-state index in [1.165, 1.54) is 6.07 Å². The van der Waals surface area contributed by atoms with E-state index in [0.29, 0.717) is 25.3 Å². The van der Waals surface area contributed by atoms with Crippen molar-refractivity contribution < 1.29 is 13.9 Å². The second-order valence-electron chi connectivity index (χ2n) is 7.12. The molecule has 0 aromatic heterocycles. The number of benzene rings is 2. The molecule has 1 aliphatic heterocycles.